The van der Waals surface area contributed by atoms with Crippen LogP contribution in [0.3, 0.4) is 0 Å². The van der Waals surface area contributed by atoms with Crippen molar-refractivity contribution in [2.75, 3.05) is 11.7 Å². The van der Waals surface area contributed by atoms with Gasteiger partial charge in [0.1, 0.15) is 18.3 Å². The fourth-order valence-corrected chi connectivity index (χ4v) is 6.61. The van der Waals surface area contributed by atoms with Crippen LogP contribution >= 0.6 is 23.4 Å². The number of aromatic amines is 1. The number of para-hydroxylation sites is 1. The Morgan fingerprint density at radius 3 is 2.26 bits per heavy atom. The Labute approximate surface area is 195 Å². The molecule has 17 nitrogen and oxygen atoms in total. The van der Waals surface area contributed by atoms with Gasteiger partial charge in [-0.15, -0.1) is 0 Å². The first-order valence-electron chi connectivity index (χ1n) is 9.40. The first-order chi connectivity index (χ1) is 16.2. The van der Waals surface area contributed by atoms with E-state index in [0.29, 0.717) is 0 Å². The van der Waals surface area contributed by atoms with Gasteiger partial charge in [0, 0.05) is 18.0 Å². The number of rotatable bonds is 10. The minimum atomic E-state index is -5.68. The normalized spacial score (nSPS) is 27.5. The minimum absolute atomic E-state index is 0.0174. The third-order valence-corrected chi connectivity index (χ3v) is 8.71. The maximum absolute atomic E-state index is 12.1. The van der Waals surface area contributed by atoms with Crippen LogP contribution in [-0.4, -0.2) is 59.4 Å². The minimum Gasteiger partial charge on any atom is -0.387 e. The number of hydrogen-bond donors (Lipinski definition) is 7. The summed E-state index contributed by atoms with van der Waals surface area (Å²) in [5.41, 5.74) is -1.70. The van der Waals surface area contributed by atoms with Crippen molar-refractivity contribution in [3.05, 3.63) is 63.4 Å². The van der Waals surface area contributed by atoms with E-state index in [1.54, 1.807) is 6.07 Å². The summed E-state index contributed by atoms with van der Waals surface area (Å²) in [6.45, 7) is -1.01. The zero-order valence-corrected chi connectivity index (χ0v) is 19.9. The van der Waals surface area contributed by atoms with E-state index >= 15 is 0 Å². The smallest absolute Gasteiger partial charge is 0.387 e. The first-order valence-corrected chi connectivity index (χ1v) is 14.0. The molecule has 35 heavy (non-hydrogen) atoms. The molecule has 7 N–H and O–H groups in total. The van der Waals surface area contributed by atoms with E-state index in [1.165, 1.54) is 24.3 Å². The number of aromatic nitrogens is 2. The van der Waals surface area contributed by atoms with E-state index in [2.05, 4.69) is 13.1 Å². The second kappa shape index (κ2) is 10.6. The number of nitrogens with zero attached hydrogens (tertiary/aromatic N) is 1. The van der Waals surface area contributed by atoms with E-state index in [9.17, 15) is 48.2 Å². The maximum Gasteiger partial charge on any atom is 0.489 e. The molecule has 1 aromatic carbocycles. The molecular formula is C15H20N3O14P3. The summed E-state index contributed by atoms with van der Waals surface area (Å²) in [5, 5.41) is 22.1. The van der Waals surface area contributed by atoms with Gasteiger partial charge in [0.2, 0.25) is 0 Å². The van der Waals surface area contributed by atoms with E-state index in [-0.39, 0.29) is 5.69 Å². The van der Waals surface area contributed by atoms with Gasteiger partial charge in [-0.25, -0.2) is 18.5 Å². The van der Waals surface area contributed by atoms with Crippen LogP contribution in [0.2, 0.25) is 0 Å². The Morgan fingerprint density at radius 1 is 0.971 bits per heavy atom. The van der Waals surface area contributed by atoms with Crippen LogP contribution in [0.15, 0.2) is 52.2 Å². The molecule has 1 aliphatic heterocycles. The number of hydrogen-bond acceptors (Lipinski definition) is 11. The lowest BCUT2D eigenvalue weighted by Crippen LogP contribution is -2.37. The fraction of sp³-hybridized carbons (Fsp3) is 0.333. The summed E-state index contributed by atoms with van der Waals surface area (Å²) in [7, 11) is -16.2. The Bertz CT molecular complexity index is 1300. The molecule has 1 saturated heterocycles. The molecule has 7 atom stereocenters. The molecule has 1 fully saturated rings. The zero-order valence-electron chi connectivity index (χ0n) is 17.3. The third kappa shape index (κ3) is 7.51. The average Bonchev–Trinajstić information content (AvgIpc) is 2.99. The number of H-pyrrole nitrogens is 1. The van der Waals surface area contributed by atoms with Crippen LogP contribution in [0.25, 0.3) is 0 Å². The number of nitrogens with one attached hydrogen (secondary N) is 2. The molecule has 0 bridgehead atoms. The molecule has 0 spiro atoms. The molecule has 3 rings (SSSR count). The average molecular weight is 559 g/mol. The Balaban J connectivity index is 1.61. The van der Waals surface area contributed by atoms with Gasteiger partial charge in [-0.3, -0.25) is 24.0 Å². The van der Waals surface area contributed by atoms with Gasteiger partial charge in [0.15, 0.2) is 6.23 Å². The number of phosphoric ester groups is 1. The fourth-order valence-electron chi connectivity index (χ4n) is 2.90. The highest BCUT2D eigenvalue weighted by atomic mass is 31.3. The number of aliphatic hydroxyl groups is 2. The first kappa shape index (κ1) is 27.6. The van der Waals surface area contributed by atoms with Crippen molar-refractivity contribution in [1.29, 1.82) is 0 Å². The SMILES string of the molecule is O=c1ccn(C2OC(COP(=O)(O)OP(=O)(O)OP(=O)(O)Nc3ccccc3)C(O)C2O)c(=O)[nH]1. The summed E-state index contributed by atoms with van der Waals surface area (Å²) < 4.78 is 54.6. The van der Waals surface area contributed by atoms with Gasteiger partial charge >= 0.3 is 29.1 Å². The van der Waals surface area contributed by atoms with Gasteiger partial charge < -0.3 is 29.6 Å². The summed E-state index contributed by atoms with van der Waals surface area (Å²) in [4.78, 5) is 54.0. The van der Waals surface area contributed by atoms with Crippen molar-refractivity contribution < 1.29 is 56.5 Å². The maximum atomic E-state index is 12.1. The van der Waals surface area contributed by atoms with Crippen molar-refractivity contribution >= 4 is 29.1 Å². The number of anilines is 1. The number of aliphatic hydroxyl groups excluding tert-OH is 2. The van der Waals surface area contributed by atoms with E-state index < -0.39 is 65.8 Å². The molecular weight excluding hydrogens is 539 g/mol. The second-order valence-corrected chi connectivity index (χ2v) is 11.7. The highest BCUT2D eigenvalue weighted by molar-refractivity contribution is 7.68. The monoisotopic (exact) mass is 559 g/mol. The number of benzene rings is 1. The van der Waals surface area contributed by atoms with Crippen molar-refractivity contribution in [3.63, 3.8) is 0 Å². The molecule has 1 aromatic heterocycles. The van der Waals surface area contributed by atoms with Crippen molar-refractivity contribution in [1.82, 2.24) is 9.55 Å². The quantitative estimate of drug-likeness (QED) is 0.183. The Kier molecular flexibility index (Phi) is 8.34. The van der Waals surface area contributed by atoms with Crippen LogP contribution in [-0.2, 0) is 31.6 Å². The van der Waals surface area contributed by atoms with Crippen molar-refractivity contribution in [3.8, 4) is 0 Å². The molecule has 0 amide bonds. The number of ether oxygens (including phenoxy) is 1. The molecule has 20 heteroatoms. The van der Waals surface area contributed by atoms with Crippen LogP contribution in [0, 0.1) is 0 Å². The van der Waals surface area contributed by atoms with Gasteiger partial charge in [0.25, 0.3) is 5.56 Å². The molecule has 2 aromatic rings. The van der Waals surface area contributed by atoms with E-state index in [1.807, 2.05) is 10.1 Å². The van der Waals surface area contributed by atoms with Crippen LogP contribution in [0.1, 0.15) is 6.23 Å². The van der Waals surface area contributed by atoms with Crippen LogP contribution in [0.5, 0.6) is 0 Å². The largest absolute Gasteiger partial charge is 0.489 e. The lowest BCUT2D eigenvalue weighted by Gasteiger charge is -2.20. The van der Waals surface area contributed by atoms with Gasteiger partial charge in [-0.2, -0.15) is 8.62 Å². The lowest BCUT2D eigenvalue weighted by atomic mass is 10.1. The molecule has 0 aliphatic carbocycles. The number of phosphoric acid groups is 2. The topological polar surface area (TPSA) is 256 Å². The van der Waals surface area contributed by atoms with Gasteiger partial charge in [-0.05, 0) is 12.1 Å². The van der Waals surface area contributed by atoms with Crippen LogP contribution in [0.4, 0.5) is 5.69 Å². The summed E-state index contributed by atoms with van der Waals surface area (Å²) in [5.74, 6) is 0. The highest BCUT2D eigenvalue weighted by Crippen LogP contribution is 2.67. The van der Waals surface area contributed by atoms with Crippen molar-refractivity contribution in [2.24, 2.45) is 0 Å². The predicted octanol–water partition coefficient (Wildman–Crippen LogP) is -0.381. The lowest BCUT2D eigenvalue weighted by molar-refractivity contribution is -0.0542. The highest BCUT2D eigenvalue weighted by Gasteiger charge is 2.46. The Hall–Kier alpha value is -1.97. The summed E-state index contributed by atoms with van der Waals surface area (Å²) >= 11 is 0. The molecule has 194 valence electrons. The van der Waals surface area contributed by atoms with Gasteiger partial charge in [-0.1, -0.05) is 18.2 Å². The van der Waals surface area contributed by atoms with Gasteiger partial charge in [0.05, 0.1) is 6.61 Å². The molecule has 2 heterocycles. The molecule has 0 saturated carbocycles. The zero-order chi connectivity index (χ0) is 26.0. The second-order valence-electron chi connectivity index (χ2n) is 6.96. The summed E-state index contributed by atoms with van der Waals surface area (Å²) in [6, 6.07) is 8.12. The molecule has 7 unspecified atom stereocenters. The molecule has 0 radical (unpaired) electrons. The Morgan fingerprint density at radius 2 is 1.63 bits per heavy atom. The van der Waals surface area contributed by atoms with E-state index in [0.717, 1.165) is 16.8 Å². The third-order valence-electron chi connectivity index (χ3n) is 4.33. The van der Waals surface area contributed by atoms with Crippen LogP contribution < -0.4 is 16.3 Å². The standard InChI is InChI=1S/C15H20N3O14P3/c19-11-6-7-18(15(22)16-11)14-13(21)12(20)10(30-14)8-29-34(25,26)32-35(27,28)31-33(23,24)17-9-4-2-1-3-5-9/h1-7,10,12-14,20-21H,8H2,(H,25,26)(H,27,28)(H,16,19,22)(H2,17,23,24). The predicted molar refractivity (Wildman–Crippen MR) is 115 cm³/mol. The van der Waals surface area contributed by atoms with E-state index in [4.69, 9.17) is 4.74 Å². The molecule has 1 aliphatic rings. The summed E-state index contributed by atoms with van der Waals surface area (Å²) in [6.07, 6.45) is -5.63. The van der Waals surface area contributed by atoms with Crippen molar-refractivity contribution in [2.45, 2.75) is 24.5 Å².